The molecule has 0 fully saturated rings. The summed E-state index contributed by atoms with van der Waals surface area (Å²) in [5.41, 5.74) is 1.36. The number of hydrogen-bond donors (Lipinski definition) is 0. The van der Waals surface area contributed by atoms with E-state index in [1.54, 1.807) is 0 Å². The molecule has 0 aliphatic carbocycles. The van der Waals surface area contributed by atoms with Gasteiger partial charge >= 0.3 is 5.97 Å². The smallest absolute Gasteiger partial charge is 0.305 e. The number of carbonyl (C=O) groups is 1. The van der Waals surface area contributed by atoms with Gasteiger partial charge in [0.1, 0.15) is 0 Å². The molecule has 3 aromatic rings. The molecular formula is C31H42O2. The van der Waals surface area contributed by atoms with Gasteiger partial charge in [0, 0.05) is 6.42 Å². The van der Waals surface area contributed by atoms with Gasteiger partial charge in [-0.2, -0.15) is 0 Å². The summed E-state index contributed by atoms with van der Waals surface area (Å²) >= 11 is 0. The van der Waals surface area contributed by atoms with E-state index < -0.39 is 0 Å². The summed E-state index contributed by atoms with van der Waals surface area (Å²) in [6.45, 7) is 7.39. The zero-order valence-corrected chi connectivity index (χ0v) is 21.0. The lowest BCUT2D eigenvalue weighted by Gasteiger charge is -2.25. The van der Waals surface area contributed by atoms with Crippen molar-refractivity contribution in [3.05, 3.63) is 60.2 Å². The Labute approximate surface area is 200 Å². The standard InChI is InChI=1S/C31H42O2/c1-4-5-6-7-8-9-10-13-21-33-30(32)17-14-20-31(2,3)29-19-18-27-22-25-15-11-12-16-26(25)23-28(27)24-29/h11-12,15-16,18-19,22-24H,4-10,13-14,17,20-21H2,1-3H3. The van der Waals surface area contributed by atoms with Crippen LogP contribution in [0.15, 0.2) is 54.6 Å². The number of benzene rings is 3. The Bertz CT molecular complexity index is 1020. The predicted molar refractivity (Wildman–Crippen MR) is 142 cm³/mol. The van der Waals surface area contributed by atoms with Gasteiger partial charge in [-0.05, 0) is 63.9 Å². The van der Waals surface area contributed by atoms with Gasteiger partial charge in [-0.3, -0.25) is 4.79 Å². The molecule has 0 heterocycles. The molecule has 0 spiro atoms. The number of ether oxygens (including phenoxy) is 1. The van der Waals surface area contributed by atoms with Crippen molar-refractivity contribution in [3.8, 4) is 0 Å². The van der Waals surface area contributed by atoms with Crippen molar-refractivity contribution in [2.45, 2.75) is 96.8 Å². The minimum absolute atomic E-state index is 0.0257. The number of rotatable bonds is 14. The van der Waals surface area contributed by atoms with Crippen LogP contribution < -0.4 is 0 Å². The van der Waals surface area contributed by atoms with Crippen molar-refractivity contribution in [3.63, 3.8) is 0 Å². The normalized spacial score (nSPS) is 11.8. The molecule has 0 saturated carbocycles. The third-order valence-corrected chi connectivity index (χ3v) is 6.93. The maximum absolute atomic E-state index is 12.1. The fraction of sp³-hybridized carbons (Fsp3) is 0.516. The quantitative estimate of drug-likeness (QED) is 0.140. The van der Waals surface area contributed by atoms with Crippen LogP contribution in [0.1, 0.15) is 97.0 Å². The lowest BCUT2D eigenvalue weighted by molar-refractivity contribution is -0.143. The summed E-state index contributed by atoms with van der Waals surface area (Å²) in [5.74, 6) is -0.0428. The van der Waals surface area contributed by atoms with E-state index in [1.807, 2.05) is 0 Å². The van der Waals surface area contributed by atoms with Crippen molar-refractivity contribution in [1.82, 2.24) is 0 Å². The average molecular weight is 447 g/mol. The summed E-state index contributed by atoms with van der Waals surface area (Å²) in [5, 5.41) is 5.11. The number of fused-ring (bicyclic) bond motifs is 2. The van der Waals surface area contributed by atoms with Crippen LogP contribution in [0, 0.1) is 0 Å². The Morgan fingerprint density at radius 2 is 1.33 bits per heavy atom. The molecule has 0 atom stereocenters. The van der Waals surface area contributed by atoms with Crippen molar-refractivity contribution < 1.29 is 9.53 Å². The molecule has 0 aliphatic rings. The van der Waals surface area contributed by atoms with Crippen LogP contribution in [0.3, 0.4) is 0 Å². The molecule has 2 nitrogen and oxygen atoms in total. The molecular weight excluding hydrogens is 404 g/mol. The maximum atomic E-state index is 12.1. The van der Waals surface area contributed by atoms with Crippen molar-refractivity contribution in [1.29, 1.82) is 0 Å². The highest BCUT2D eigenvalue weighted by Gasteiger charge is 2.21. The Hall–Kier alpha value is -2.35. The minimum Gasteiger partial charge on any atom is -0.466 e. The second-order valence-electron chi connectivity index (χ2n) is 10.2. The molecule has 3 rings (SSSR count). The largest absolute Gasteiger partial charge is 0.466 e. The van der Waals surface area contributed by atoms with E-state index in [0.29, 0.717) is 13.0 Å². The van der Waals surface area contributed by atoms with E-state index in [9.17, 15) is 4.79 Å². The van der Waals surface area contributed by atoms with E-state index in [2.05, 4.69) is 75.4 Å². The van der Waals surface area contributed by atoms with Gasteiger partial charge in [0.25, 0.3) is 0 Å². The predicted octanol–water partition coefficient (Wildman–Crippen LogP) is 9.12. The summed E-state index contributed by atoms with van der Waals surface area (Å²) < 4.78 is 5.47. The Morgan fingerprint density at radius 1 is 0.727 bits per heavy atom. The molecule has 0 aliphatic heterocycles. The summed E-state index contributed by atoms with van der Waals surface area (Å²) in [7, 11) is 0. The Balaban J connectivity index is 1.40. The van der Waals surface area contributed by atoms with Gasteiger partial charge < -0.3 is 4.74 Å². The van der Waals surface area contributed by atoms with Crippen LogP contribution in [0.25, 0.3) is 21.5 Å². The third-order valence-electron chi connectivity index (χ3n) is 6.93. The summed E-state index contributed by atoms with van der Waals surface area (Å²) in [6, 6.07) is 19.9. The molecule has 0 aromatic heterocycles. The van der Waals surface area contributed by atoms with Gasteiger partial charge in [0.15, 0.2) is 0 Å². The molecule has 0 radical (unpaired) electrons. The summed E-state index contributed by atoms with van der Waals surface area (Å²) in [6.07, 6.45) is 12.4. The molecule has 0 unspecified atom stereocenters. The van der Waals surface area contributed by atoms with Crippen LogP contribution >= 0.6 is 0 Å². The fourth-order valence-electron chi connectivity index (χ4n) is 4.67. The summed E-state index contributed by atoms with van der Waals surface area (Å²) in [4.78, 5) is 12.1. The molecule has 0 N–H and O–H groups in total. The van der Waals surface area contributed by atoms with Gasteiger partial charge in [-0.25, -0.2) is 0 Å². The zero-order valence-electron chi connectivity index (χ0n) is 21.0. The van der Waals surface area contributed by atoms with Crippen LogP contribution in [0.5, 0.6) is 0 Å². The third kappa shape index (κ3) is 7.88. The number of unbranched alkanes of at least 4 members (excludes halogenated alkanes) is 7. The van der Waals surface area contributed by atoms with Crippen LogP contribution in [-0.2, 0) is 14.9 Å². The van der Waals surface area contributed by atoms with Gasteiger partial charge in [0.05, 0.1) is 6.61 Å². The van der Waals surface area contributed by atoms with E-state index in [0.717, 1.165) is 19.3 Å². The number of carbonyl (C=O) groups excluding carboxylic acids is 1. The van der Waals surface area contributed by atoms with Crippen LogP contribution in [0.4, 0.5) is 0 Å². The highest BCUT2D eigenvalue weighted by atomic mass is 16.5. The van der Waals surface area contributed by atoms with Gasteiger partial charge in [0.2, 0.25) is 0 Å². The number of esters is 1. The zero-order chi connectivity index (χ0) is 23.5. The maximum Gasteiger partial charge on any atom is 0.305 e. The minimum atomic E-state index is -0.0428. The first-order chi connectivity index (χ1) is 16.0. The van der Waals surface area contributed by atoms with Crippen LogP contribution in [-0.4, -0.2) is 12.6 Å². The van der Waals surface area contributed by atoms with E-state index in [-0.39, 0.29) is 11.4 Å². The average Bonchev–Trinajstić information content (AvgIpc) is 2.81. The molecule has 0 amide bonds. The molecule has 33 heavy (non-hydrogen) atoms. The Morgan fingerprint density at radius 3 is 2.03 bits per heavy atom. The van der Waals surface area contributed by atoms with Crippen LogP contribution in [0.2, 0.25) is 0 Å². The van der Waals surface area contributed by atoms with E-state index in [1.165, 1.54) is 72.1 Å². The van der Waals surface area contributed by atoms with Crippen molar-refractivity contribution in [2.24, 2.45) is 0 Å². The lowest BCUT2D eigenvalue weighted by atomic mass is 9.79. The van der Waals surface area contributed by atoms with Gasteiger partial charge in [-0.1, -0.05) is 108 Å². The molecule has 178 valence electrons. The first-order valence-electron chi connectivity index (χ1n) is 13.1. The molecule has 2 heteroatoms. The molecule has 0 bridgehead atoms. The second kappa shape index (κ2) is 12.8. The molecule has 3 aromatic carbocycles. The number of hydrogen-bond acceptors (Lipinski definition) is 2. The van der Waals surface area contributed by atoms with Crippen molar-refractivity contribution in [2.75, 3.05) is 6.61 Å². The first kappa shape index (κ1) is 25.3. The van der Waals surface area contributed by atoms with Crippen molar-refractivity contribution >= 4 is 27.5 Å². The highest BCUT2D eigenvalue weighted by Crippen LogP contribution is 2.32. The Kier molecular flexibility index (Phi) is 9.78. The highest BCUT2D eigenvalue weighted by molar-refractivity contribution is 5.98. The SMILES string of the molecule is CCCCCCCCCCOC(=O)CCCC(C)(C)c1ccc2cc3ccccc3cc2c1. The fourth-order valence-corrected chi connectivity index (χ4v) is 4.67. The first-order valence-corrected chi connectivity index (χ1v) is 13.1. The van der Waals surface area contributed by atoms with E-state index >= 15 is 0 Å². The van der Waals surface area contributed by atoms with Gasteiger partial charge in [-0.15, -0.1) is 0 Å². The molecule has 0 saturated heterocycles. The monoisotopic (exact) mass is 446 g/mol. The van der Waals surface area contributed by atoms with E-state index in [4.69, 9.17) is 4.74 Å². The lowest BCUT2D eigenvalue weighted by Crippen LogP contribution is -2.18. The second-order valence-corrected chi connectivity index (χ2v) is 10.2. The topological polar surface area (TPSA) is 26.3 Å².